The minimum atomic E-state index is -3.60. The van der Waals surface area contributed by atoms with E-state index in [9.17, 15) is 13.5 Å². The lowest BCUT2D eigenvalue weighted by molar-refractivity contribution is 0.0721. The number of hydrogen-bond acceptors (Lipinski definition) is 4. The molecule has 1 heterocycles. The van der Waals surface area contributed by atoms with Gasteiger partial charge in [-0.3, -0.25) is 0 Å². The fourth-order valence-electron chi connectivity index (χ4n) is 1.94. The summed E-state index contributed by atoms with van der Waals surface area (Å²) in [7, 11) is -3.60. The highest BCUT2D eigenvalue weighted by Gasteiger charge is 2.27. The quantitative estimate of drug-likeness (QED) is 0.791. The van der Waals surface area contributed by atoms with Crippen LogP contribution in [-0.2, 0) is 14.9 Å². The molecular formula is C12H18N2O4S. The predicted molar refractivity (Wildman–Crippen MR) is 70.7 cm³/mol. The highest BCUT2D eigenvalue weighted by atomic mass is 32.2. The van der Waals surface area contributed by atoms with Gasteiger partial charge < -0.3 is 9.84 Å². The van der Waals surface area contributed by atoms with Crippen molar-refractivity contribution >= 4 is 10.2 Å². The van der Waals surface area contributed by atoms with Gasteiger partial charge in [0, 0.05) is 13.1 Å². The lowest BCUT2D eigenvalue weighted by atomic mass is 10.1. The largest absolute Gasteiger partial charge is 0.394 e. The normalized spacial score (nSPS) is 19.2. The van der Waals surface area contributed by atoms with Crippen molar-refractivity contribution in [3.8, 4) is 0 Å². The SMILES string of the molecule is O=S(=O)(NC(CO)c1ccccc1)N1CCOCC1. The van der Waals surface area contributed by atoms with Gasteiger partial charge in [0.05, 0.1) is 25.9 Å². The number of rotatable bonds is 5. The second-order valence-corrected chi connectivity index (χ2v) is 5.98. The third-order valence-electron chi connectivity index (χ3n) is 2.99. The van der Waals surface area contributed by atoms with E-state index >= 15 is 0 Å². The first-order valence-electron chi connectivity index (χ1n) is 6.14. The van der Waals surface area contributed by atoms with E-state index in [1.807, 2.05) is 6.07 Å². The Hall–Kier alpha value is -0.990. The predicted octanol–water partition coefficient (Wildman–Crippen LogP) is -0.113. The maximum Gasteiger partial charge on any atom is 0.280 e. The number of ether oxygens (including phenoxy) is 1. The zero-order chi connectivity index (χ0) is 13.7. The number of hydrogen-bond donors (Lipinski definition) is 2. The highest BCUT2D eigenvalue weighted by Crippen LogP contribution is 2.14. The zero-order valence-electron chi connectivity index (χ0n) is 10.5. The van der Waals surface area contributed by atoms with Gasteiger partial charge in [-0.15, -0.1) is 0 Å². The Balaban J connectivity index is 2.09. The molecule has 0 amide bonds. The Bertz CT molecular complexity index is 486. The Morgan fingerprint density at radius 3 is 2.47 bits per heavy atom. The van der Waals surface area contributed by atoms with Crippen LogP contribution in [-0.4, -0.2) is 50.7 Å². The standard InChI is InChI=1S/C12H18N2O4S/c15-10-12(11-4-2-1-3-5-11)13-19(16,17)14-6-8-18-9-7-14/h1-5,12-13,15H,6-10H2. The summed E-state index contributed by atoms with van der Waals surface area (Å²) in [5.74, 6) is 0. The number of aliphatic hydroxyl groups is 1. The molecule has 1 aromatic carbocycles. The summed E-state index contributed by atoms with van der Waals surface area (Å²) in [6, 6.07) is 8.39. The molecule has 1 fully saturated rings. The molecular weight excluding hydrogens is 268 g/mol. The van der Waals surface area contributed by atoms with Crippen LogP contribution in [0.5, 0.6) is 0 Å². The van der Waals surface area contributed by atoms with E-state index in [4.69, 9.17) is 4.74 Å². The van der Waals surface area contributed by atoms with E-state index in [0.29, 0.717) is 26.3 Å². The molecule has 0 aliphatic carbocycles. The van der Waals surface area contributed by atoms with Gasteiger partial charge in [0.2, 0.25) is 0 Å². The molecule has 1 atom stereocenters. The summed E-state index contributed by atoms with van der Waals surface area (Å²) < 4.78 is 33.3. The average Bonchev–Trinajstić information content (AvgIpc) is 2.47. The van der Waals surface area contributed by atoms with Crippen LogP contribution in [0.3, 0.4) is 0 Å². The van der Waals surface area contributed by atoms with Crippen molar-refractivity contribution in [2.24, 2.45) is 0 Å². The Morgan fingerprint density at radius 1 is 1.26 bits per heavy atom. The van der Waals surface area contributed by atoms with Crippen molar-refractivity contribution in [3.63, 3.8) is 0 Å². The van der Waals surface area contributed by atoms with Crippen LogP contribution in [0.1, 0.15) is 11.6 Å². The maximum absolute atomic E-state index is 12.2. The van der Waals surface area contributed by atoms with E-state index in [0.717, 1.165) is 5.56 Å². The summed E-state index contributed by atoms with van der Waals surface area (Å²) in [6.07, 6.45) is 0. The molecule has 6 nitrogen and oxygen atoms in total. The van der Waals surface area contributed by atoms with Crippen LogP contribution < -0.4 is 4.72 Å². The van der Waals surface area contributed by atoms with E-state index < -0.39 is 16.3 Å². The second kappa shape index (κ2) is 6.44. The fourth-order valence-corrected chi connectivity index (χ4v) is 3.29. The van der Waals surface area contributed by atoms with Gasteiger partial charge >= 0.3 is 0 Å². The van der Waals surface area contributed by atoms with Crippen LogP contribution in [0.15, 0.2) is 30.3 Å². The lowest BCUT2D eigenvalue weighted by Crippen LogP contribution is -2.48. The van der Waals surface area contributed by atoms with Gasteiger partial charge in [0.1, 0.15) is 0 Å². The van der Waals surface area contributed by atoms with Crippen LogP contribution in [0.2, 0.25) is 0 Å². The Kier molecular flexibility index (Phi) is 4.89. The molecule has 1 aliphatic rings. The van der Waals surface area contributed by atoms with E-state index in [2.05, 4.69) is 4.72 Å². The van der Waals surface area contributed by atoms with Crippen molar-refractivity contribution < 1.29 is 18.3 Å². The smallest absolute Gasteiger partial charge is 0.280 e. The molecule has 106 valence electrons. The Labute approximate surface area is 113 Å². The minimum absolute atomic E-state index is 0.284. The molecule has 1 aliphatic heterocycles. The first kappa shape index (κ1) is 14.4. The van der Waals surface area contributed by atoms with Crippen LogP contribution >= 0.6 is 0 Å². The molecule has 1 unspecified atom stereocenters. The number of benzene rings is 1. The van der Waals surface area contributed by atoms with Crippen LogP contribution in [0, 0.1) is 0 Å². The summed E-state index contributed by atoms with van der Waals surface area (Å²) in [5.41, 5.74) is 0.738. The molecule has 7 heteroatoms. The highest BCUT2D eigenvalue weighted by molar-refractivity contribution is 7.87. The zero-order valence-corrected chi connectivity index (χ0v) is 11.3. The minimum Gasteiger partial charge on any atom is -0.394 e. The summed E-state index contributed by atoms with van der Waals surface area (Å²) >= 11 is 0. The maximum atomic E-state index is 12.2. The molecule has 2 rings (SSSR count). The van der Waals surface area contributed by atoms with Crippen LogP contribution in [0.4, 0.5) is 0 Å². The van der Waals surface area contributed by atoms with Crippen molar-refractivity contribution in [1.29, 1.82) is 0 Å². The van der Waals surface area contributed by atoms with Gasteiger partial charge in [-0.25, -0.2) is 0 Å². The summed E-state index contributed by atoms with van der Waals surface area (Å²) in [4.78, 5) is 0. The van der Waals surface area contributed by atoms with Gasteiger partial charge in [0.25, 0.3) is 10.2 Å². The van der Waals surface area contributed by atoms with Crippen LogP contribution in [0.25, 0.3) is 0 Å². The van der Waals surface area contributed by atoms with Gasteiger partial charge in [-0.2, -0.15) is 17.4 Å². The van der Waals surface area contributed by atoms with Gasteiger partial charge in [-0.1, -0.05) is 30.3 Å². The molecule has 0 radical (unpaired) electrons. The monoisotopic (exact) mass is 286 g/mol. The molecule has 1 aromatic rings. The third-order valence-corrected chi connectivity index (χ3v) is 4.61. The fraction of sp³-hybridized carbons (Fsp3) is 0.500. The van der Waals surface area contributed by atoms with E-state index in [1.54, 1.807) is 24.3 Å². The molecule has 0 bridgehead atoms. The molecule has 1 saturated heterocycles. The molecule has 0 saturated carbocycles. The molecule has 2 N–H and O–H groups in total. The number of nitrogens with zero attached hydrogens (tertiary/aromatic N) is 1. The first-order chi connectivity index (χ1) is 9.13. The second-order valence-electron chi connectivity index (χ2n) is 4.28. The van der Waals surface area contributed by atoms with E-state index in [1.165, 1.54) is 4.31 Å². The van der Waals surface area contributed by atoms with Gasteiger partial charge in [0.15, 0.2) is 0 Å². The number of aliphatic hydroxyl groups excluding tert-OH is 1. The number of nitrogens with one attached hydrogen (secondary N) is 1. The summed E-state index contributed by atoms with van der Waals surface area (Å²) in [5, 5.41) is 9.37. The molecule has 19 heavy (non-hydrogen) atoms. The van der Waals surface area contributed by atoms with Gasteiger partial charge in [-0.05, 0) is 5.56 Å². The first-order valence-corrected chi connectivity index (χ1v) is 7.58. The van der Waals surface area contributed by atoms with Crippen molar-refractivity contribution in [2.75, 3.05) is 32.9 Å². The van der Waals surface area contributed by atoms with Crippen molar-refractivity contribution in [2.45, 2.75) is 6.04 Å². The average molecular weight is 286 g/mol. The summed E-state index contributed by atoms with van der Waals surface area (Å²) in [6.45, 7) is 1.18. The molecule has 0 aromatic heterocycles. The van der Waals surface area contributed by atoms with E-state index in [-0.39, 0.29) is 6.61 Å². The molecule has 0 spiro atoms. The van der Waals surface area contributed by atoms with Crippen molar-refractivity contribution in [3.05, 3.63) is 35.9 Å². The number of morpholine rings is 1. The lowest BCUT2D eigenvalue weighted by Gasteiger charge is -2.28. The Morgan fingerprint density at radius 2 is 1.89 bits per heavy atom. The third kappa shape index (κ3) is 3.74. The topological polar surface area (TPSA) is 78.9 Å². The van der Waals surface area contributed by atoms with Crippen molar-refractivity contribution in [1.82, 2.24) is 9.03 Å².